The van der Waals surface area contributed by atoms with E-state index in [1.54, 1.807) is 0 Å². The van der Waals surface area contributed by atoms with Crippen molar-refractivity contribution >= 4 is 5.97 Å². The first kappa shape index (κ1) is 15.2. The van der Waals surface area contributed by atoms with Crippen LogP contribution in [0.25, 0.3) is 0 Å². The molecule has 0 aromatic heterocycles. The van der Waals surface area contributed by atoms with Gasteiger partial charge in [-0.05, 0) is 31.6 Å². The van der Waals surface area contributed by atoms with Crippen LogP contribution in [0, 0.1) is 11.8 Å². The van der Waals surface area contributed by atoms with Crippen LogP contribution in [-0.2, 0) is 9.53 Å². The summed E-state index contributed by atoms with van der Waals surface area (Å²) >= 11 is 0. The van der Waals surface area contributed by atoms with Gasteiger partial charge in [0.1, 0.15) is 0 Å². The molecule has 0 spiro atoms. The highest BCUT2D eigenvalue weighted by Gasteiger charge is 2.26. The fraction of sp³-hybridized carbons (Fsp3) is 0.800. The number of esters is 1. The monoisotopic (exact) mass is 253 g/mol. The fourth-order valence-electron chi connectivity index (χ4n) is 2.78. The Morgan fingerprint density at radius 2 is 2.11 bits per heavy atom. The van der Waals surface area contributed by atoms with Gasteiger partial charge < -0.3 is 10.1 Å². The molecule has 0 radical (unpaired) electrons. The molecule has 2 atom stereocenters. The molecule has 0 heterocycles. The zero-order valence-corrected chi connectivity index (χ0v) is 11.9. The highest BCUT2D eigenvalue weighted by molar-refractivity contribution is 5.81. The smallest absolute Gasteiger partial charge is 0.330 e. The summed E-state index contributed by atoms with van der Waals surface area (Å²) in [6.07, 6.45) is 8.66. The minimum Gasteiger partial charge on any atom is -0.463 e. The fourth-order valence-corrected chi connectivity index (χ4v) is 2.78. The van der Waals surface area contributed by atoms with Gasteiger partial charge in [0, 0.05) is 18.7 Å². The van der Waals surface area contributed by atoms with Gasteiger partial charge >= 0.3 is 5.97 Å². The van der Waals surface area contributed by atoms with Gasteiger partial charge in [0.05, 0.1) is 6.61 Å². The van der Waals surface area contributed by atoms with E-state index in [9.17, 15) is 4.79 Å². The van der Waals surface area contributed by atoms with Crippen molar-refractivity contribution < 1.29 is 9.53 Å². The quantitative estimate of drug-likeness (QED) is 0.584. The summed E-state index contributed by atoms with van der Waals surface area (Å²) in [5.74, 6) is 1.26. The largest absolute Gasteiger partial charge is 0.463 e. The van der Waals surface area contributed by atoms with E-state index < -0.39 is 0 Å². The third-order valence-electron chi connectivity index (χ3n) is 3.71. The van der Waals surface area contributed by atoms with Crippen molar-refractivity contribution in [3.8, 4) is 0 Å². The topological polar surface area (TPSA) is 38.3 Å². The standard InChI is InChI=1S/C15H27NO2/c1-4-18-15(17)10-7-11-16-14-9-6-5-8-13(14)12(2)3/h7,10,12-14,16H,4-6,8-9,11H2,1-3H3/b10-7+. The lowest BCUT2D eigenvalue weighted by Crippen LogP contribution is -2.40. The lowest BCUT2D eigenvalue weighted by atomic mass is 9.78. The predicted octanol–water partition coefficient (Wildman–Crippen LogP) is 2.91. The maximum absolute atomic E-state index is 11.1. The molecular formula is C15H27NO2. The molecule has 1 aliphatic carbocycles. The number of hydrogen-bond donors (Lipinski definition) is 1. The Labute approximate surface area is 111 Å². The van der Waals surface area contributed by atoms with Gasteiger partial charge in [-0.25, -0.2) is 4.79 Å². The number of nitrogens with one attached hydrogen (secondary N) is 1. The van der Waals surface area contributed by atoms with Crippen molar-refractivity contribution in [1.82, 2.24) is 5.32 Å². The number of carbonyl (C=O) groups excluding carboxylic acids is 1. The molecule has 0 aromatic rings. The Balaban J connectivity index is 2.30. The second-order valence-electron chi connectivity index (χ2n) is 5.36. The van der Waals surface area contributed by atoms with Gasteiger partial charge in [-0.15, -0.1) is 0 Å². The van der Waals surface area contributed by atoms with E-state index in [2.05, 4.69) is 19.2 Å². The van der Waals surface area contributed by atoms with E-state index in [0.717, 1.165) is 18.4 Å². The van der Waals surface area contributed by atoms with Crippen LogP contribution >= 0.6 is 0 Å². The summed E-state index contributed by atoms with van der Waals surface area (Å²) in [7, 11) is 0. The third kappa shape index (κ3) is 5.21. The summed E-state index contributed by atoms with van der Waals surface area (Å²) in [5.41, 5.74) is 0. The molecule has 18 heavy (non-hydrogen) atoms. The molecule has 0 bridgehead atoms. The summed E-state index contributed by atoms with van der Waals surface area (Å²) in [4.78, 5) is 11.1. The summed E-state index contributed by atoms with van der Waals surface area (Å²) in [6.45, 7) is 7.62. The second kappa shape index (κ2) is 8.30. The summed E-state index contributed by atoms with van der Waals surface area (Å²) in [6, 6.07) is 0.602. The van der Waals surface area contributed by atoms with Crippen LogP contribution in [0.3, 0.4) is 0 Å². The number of ether oxygens (including phenoxy) is 1. The van der Waals surface area contributed by atoms with Crippen LogP contribution in [0.4, 0.5) is 0 Å². The molecule has 1 rings (SSSR count). The maximum atomic E-state index is 11.1. The Bertz CT molecular complexity index is 274. The van der Waals surface area contributed by atoms with Crippen LogP contribution in [0.15, 0.2) is 12.2 Å². The molecular weight excluding hydrogens is 226 g/mol. The normalized spacial score (nSPS) is 24.7. The molecule has 0 amide bonds. The molecule has 1 aliphatic rings. The first-order chi connectivity index (χ1) is 8.65. The second-order valence-corrected chi connectivity index (χ2v) is 5.36. The van der Waals surface area contributed by atoms with Crippen LogP contribution in [0.5, 0.6) is 0 Å². The highest BCUT2D eigenvalue weighted by Crippen LogP contribution is 2.29. The van der Waals surface area contributed by atoms with Gasteiger partial charge in [0.2, 0.25) is 0 Å². The van der Waals surface area contributed by atoms with Crippen molar-refractivity contribution in [2.75, 3.05) is 13.2 Å². The van der Waals surface area contributed by atoms with E-state index in [0.29, 0.717) is 12.6 Å². The zero-order valence-electron chi connectivity index (χ0n) is 11.9. The zero-order chi connectivity index (χ0) is 13.4. The van der Waals surface area contributed by atoms with E-state index in [1.807, 2.05) is 13.0 Å². The molecule has 0 saturated heterocycles. The molecule has 1 fully saturated rings. The van der Waals surface area contributed by atoms with E-state index in [4.69, 9.17) is 4.74 Å². The molecule has 1 saturated carbocycles. The SMILES string of the molecule is CCOC(=O)/C=C/CNC1CCCCC1C(C)C. The third-order valence-corrected chi connectivity index (χ3v) is 3.71. The number of rotatable bonds is 6. The Morgan fingerprint density at radius 1 is 1.39 bits per heavy atom. The van der Waals surface area contributed by atoms with Crippen LogP contribution < -0.4 is 5.32 Å². The van der Waals surface area contributed by atoms with Crippen molar-refractivity contribution in [3.05, 3.63) is 12.2 Å². The van der Waals surface area contributed by atoms with E-state index in [1.165, 1.54) is 31.8 Å². The van der Waals surface area contributed by atoms with E-state index >= 15 is 0 Å². The number of carbonyl (C=O) groups is 1. The predicted molar refractivity (Wildman–Crippen MR) is 74.4 cm³/mol. The molecule has 0 aromatic carbocycles. The van der Waals surface area contributed by atoms with Gasteiger partial charge in [-0.1, -0.05) is 32.8 Å². The molecule has 3 nitrogen and oxygen atoms in total. The van der Waals surface area contributed by atoms with Gasteiger partial charge in [-0.2, -0.15) is 0 Å². The van der Waals surface area contributed by atoms with Crippen molar-refractivity contribution in [1.29, 1.82) is 0 Å². The minimum atomic E-state index is -0.247. The molecule has 3 heteroatoms. The summed E-state index contributed by atoms with van der Waals surface area (Å²) < 4.78 is 4.84. The lowest BCUT2D eigenvalue weighted by Gasteiger charge is -2.34. The molecule has 0 aliphatic heterocycles. The van der Waals surface area contributed by atoms with Crippen molar-refractivity contribution in [2.45, 2.75) is 52.5 Å². The molecule has 1 N–H and O–H groups in total. The Kier molecular flexibility index (Phi) is 7.02. The van der Waals surface area contributed by atoms with E-state index in [-0.39, 0.29) is 5.97 Å². The average molecular weight is 253 g/mol. The first-order valence-electron chi connectivity index (χ1n) is 7.21. The Morgan fingerprint density at radius 3 is 2.78 bits per heavy atom. The highest BCUT2D eigenvalue weighted by atomic mass is 16.5. The lowest BCUT2D eigenvalue weighted by molar-refractivity contribution is -0.137. The summed E-state index contributed by atoms with van der Waals surface area (Å²) in [5, 5.41) is 3.56. The first-order valence-corrected chi connectivity index (χ1v) is 7.21. The molecule has 2 unspecified atom stereocenters. The molecule has 104 valence electrons. The van der Waals surface area contributed by atoms with Crippen LogP contribution in [-0.4, -0.2) is 25.2 Å². The Hall–Kier alpha value is -0.830. The number of hydrogen-bond acceptors (Lipinski definition) is 3. The minimum absolute atomic E-state index is 0.247. The van der Waals surface area contributed by atoms with Crippen molar-refractivity contribution in [2.24, 2.45) is 11.8 Å². The maximum Gasteiger partial charge on any atom is 0.330 e. The van der Waals surface area contributed by atoms with Crippen LogP contribution in [0.2, 0.25) is 0 Å². The van der Waals surface area contributed by atoms with Gasteiger partial charge in [0.25, 0.3) is 0 Å². The van der Waals surface area contributed by atoms with Crippen molar-refractivity contribution in [3.63, 3.8) is 0 Å². The van der Waals surface area contributed by atoms with Crippen LogP contribution in [0.1, 0.15) is 46.5 Å². The van der Waals surface area contributed by atoms with Gasteiger partial charge in [0.15, 0.2) is 0 Å². The average Bonchev–Trinajstić information content (AvgIpc) is 2.35. The van der Waals surface area contributed by atoms with Gasteiger partial charge in [-0.3, -0.25) is 0 Å².